The first kappa shape index (κ1) is 16.5. The highest BCUT2D eigenvalue weighted by Crippen LogP contribution is 2.40. The van der Waals surface area contributed by atoms with Crippen LogP contribution in [0.1, 0.15) is 54.9 Å². The zero-order valence-corrected chi connectivity index (χ0v) is 14.6. The van der Waals surface area contributed by atoms with Gasteiger partial charge in [-0.1, -0.05) is 23.4 Å². The standard InChI is InChI=1S/C19H25N3O3/c1-13-5-2-3-7-17(13)24-12-15(23)11-22-10-4-6-16(22)18-20-19(25-21-18)14-8-9-14/h2-3,5,7,14-16,23H,4,6,8-12H2,1H3. The van der Waals surface area contributed by atoms with Crippen molar-refractivity contribution in [2.24, 2.45) is 0 Å². The molecule has 1 aliphatic heterocycles. The first-order valence-electron chi connectivity index (χ1n) is 9.15. The first-order valence-corrected chi connectivity index (χ1v) is 9.15. The van der Waals surface area contributed by atoms with Gasteiger partial charge in [0.25, 0.3) is 0 Å². The van der Waals surface area contributed by atoms with Gasteiger partial charge in [0, 0.05) is 12.5 Å². The number of rotatable bonds is 7. The summed E-state index contributed by atoms with van der Waals surface area (Å²) in [7, 11) is 0. The molecule has 0 amide bonds. The molecule has 6 heteroatoms. The van der Waals surface area contributed by atoms with E-state index in [0.29, 0.717) is 12.5 Å². The van der Waals surface area contributed by atoms with Crippen LogP contribution in [0.4, 0.5) is 0 Å². The molecule has 0 bridgehead atoms. The van der Waals surface area contributed by atoms with E-state index < -0.39 is 6.10 Å². The lowest BCUT2D eigenvalue weighted by Crippen LogP contribution is -2.35. The molecule has 4 rings (SSSR count). The van der Waals surface area contributed by atoms with Crippen LogP contribution in [-0.2, 0) is 0 Å². The summed E-state index contributed by atoms with van der Waals surface area (Å²) in [5.74, 6) is 2.85. The van der Waals surface area contributed by atoms with Gasteiger partial charge in [0.05, 0.1) is 6.04 Å². The van der Waals surface area contributed by atoms with E-state index in [9.17, 15) is 5.11 Å². The Balaban J connectivity index is 1.33. The Labute approximate surface area is 147 Å². The maximum atomic E-state index is 10.4. The monoisotopic (exact) mass is 343 g/mol. The molecule has 2 atom stereocenters. The average Bonchev–Trinajstić information content (AvgIpc) is 3.16. The van der Waals surface area contributed by atoms with Crippen molar-refractivity contribution in [1.82, 2.24) is 15.0 Å². The highest BCUT2D eigenvalue weighted by atomic mass is 16.5. The van der Waals surface area contributed by atoms with E-state index in [1.54, 1.807) is 0 Å². The number of benzene rings is 1. The molecule has 2 fully saturated rings. The first-order chi connectivity index (χ1) is 12.2. The SMILES string of the molecule is Cc1ccccc1OCC(O)CN1CCCC1c1noc(C2CC2)n1. The Kier molecular flexibility index (Phi) is 4.72. The molecule has 0 radical (unpaired) electrons. The van der Waals surface area contributed by atoms with Crippen LogP contribution in [0.3, 0.4) is 0 Å². The third-order valence-corrected chi connectivity index (χ3v) is 5.02. The van der Waals surface area contributed by atoms with E-state index in [1.807, 2.05) is 31.2 Å². The van der Waals surface area contributed by atoms with Gasteiger partial charge in [0.1, 0.15) is 18.5 Å². The summed E-state index contributed by atoms with van der Waals surface area (Å²) in [6.45, 7) is 3.79. The van der Waals surface area contributed by atoms with Gasteiger partial charge in [-0.2, -0.15) is 4.98 Å². The van der Waals surface area contributed by atoms with Crippen LogP contribution in [0, 0.1) is 6.92 Å². The highest BCUT2D eigenvalue weighted by molar-refractivity contribution is 5.31. The second-order valence-corrected chi connectivity index (χ2v) is 7.15. The molecule has 2 aliphatic rings. The van der Waals surface area contributed by atoms with Crippen LogP contribution >= 0.6 is 0 Å². The molecule has 25 heavy (non-hydrogen) atoms. The van der Waals surface area contributed by atoms with E-state index in [4.69, 9.17) is 9.26 Å². The lowest BCUT2D eigenvalue weighted by molar-refractivity contribution is 0.0621. The van der Waals surface area contributed by atoms with Gasteiger partial charge < -0.3 is 14.4 Å². The molecule has 1 saturated carbocycles. The van der Waals surface area contributed by atoms with Gasteiger partial charge in [0.2, 0.25) is 5.89 Å². The summed E-state index contributed by atoms with van der Waals surface area (Å²) in [4.78, 5) is 6.83. The van der Waals surface area contributed by atoms with Gasteiger partial charge in [0.15, 0.2) is 5.82 Å². The number of para-hydroxylation sites is 1. The Hall–Kier alpha value is -1.92. The Morgan fingerprint density at radius 3 is 2.96 bits per heavy atom. The summed E-state index contributed by atoms with van der Waals surface area (Å²) in [6, 6.07) is 8.00. The molecular formula is C19H25N3O3. The zero-order valence-electron chi connectivity index (χ0n) is 14.6. The molecule has 2 unspecified atom stereocenters. The third-order valence-electron chi connectivity index (χ3n) is 5.02. The number of aromatic nitrogens is 2. The molecule has 1 saturated heterocycles. The zero-order chi connectivity index (χ0) is 17.2. The van der Waals surface area contributed by atoms with Gasteiger partial charge in [-0.05, 0) is 50.8 Å². The van der Waals surface area contributed by atoms with Crippen molar-refractivity contribution >= 4 is 0 Å². The summed E-state index contributed by atoms with van der Waals surface area (Å²) < 4.78 is 11.2. The summed E-state index contributed by atoms with van der Waals surface area (Å²) in [5, 5.41) is 14.6. The summed E-state index contributed by atoms with van der Waals surface area (Å²) in [6.07, 6.45) is 3.86. The molecule has 1 aliphatic carbocycles. The molecule has 1 N–H and O–H groups in total. The Bertz CT molecular complexity index is 713. The number of β-amino-alcohol motifs (C(OH)–C–C–N with tert-alkyl or cyclic N) is 1. The average molecular weight is 343 g/mol. The van der Waals surface area contributed by atoms with Crippen LogP contribution in [0.25, 0.3) is 0 Å². The number of aryl methyl sites for hydroxylation is 1. The molecule has 2 heterocycles. The van der Waals surface area contributed by atoms with Gasteiger partial charge >= 0.3 is 0 Å². The maximum Gasteiger partial charge on any atom is 0.229 e. The number of likely N-dealkylation sites (tertiary alicyclic amines) is 1. The second-order valence-electron chi connectivity index (χ2n) is 7.15. The normalized spacial score (nSPS) is 22.2. The summed E-state index contributed by atoms with van der Waals surface area (Å²) >= 11 is 0. The molecule has 6 nitrogen and oxygen atoms in total. The van der Waals surface area contributed by atoms with Crippen LogP contribution in [0.15, 0.2) is 28.8 Å². The Morgan fingerprint density at radius 1 is 1.32 bits per heavy atom. The smallest absolute Gasteiger partial charge is 0.229 e. The third kappa shape index (κ3) is 3.85. The van der Waals surface area contributed by atoms with Crippen molar-refractivity contribution in [1.29, 1.82) is 0 Å². The number of hydrogen-bond acceptors (Lipinski definition) is 6. The number of nitrogens with zero attached hydrogens (tertiary/aromatic N) is 3. The lowest BCUT2D eigenvalue weighted by atomic mass is 10.2. The predicted octanol–water partition coefficient (Wildman–Crippen LogP) is 2.83. The number of aliphatic hydroxyl groups is 1. The predicted molar refractivity (Wildman–Crippen MR) is 92.5 cm³/mol. The molecule has 1 aromatic heterocycles. The fourth-order valence-corrected chi connectivity index (χ4v) is 3.44. The van der Waals surface area contributed by atoms with Crippen molar-refractivity contribution in [3.63, 3.8) is 0 Å². The van der Waals surface area contributed by atoms with Crippen molar-refractivity contribution in [3.05, 3.63) is 41.5 Å². The van der Waals surface area contributed by atoms with E-state index in [-0.39, 0.29) is 12.6 Å². The minimum Gasteiger partial charge on any atom is -0.491 e. The van der Waals surface area contributed by atoms with Gasteiger partial charge in [-0.15, -0.1) is 0 Å². The van der Waals surface area contributed by atoms with E-state index in [2.05, 4.69) is 15.0 Å². The quantitative estimate of drug-likeness (QED) is 0.833. The minimum absolute atomic E-state index is 0.143. The number of ether oxygens (including phenoxy) is 1. The van der Waals surface area contributed by atoms with Crippen LogP contribution in [0.5, 0.6) is 5.75 Å². The van der Waals surface area contributed by atoms with Crippen molar-refractivity contribution in [3.8, 4) is 5.75 Å². The summed E-state index contributed by atoms with van der Waals surface area (Å²) in [5.41, 5.74) is 1.08. The largest absolute Gasteiger partial charge is 0.491 e. The molecule has 2 aromatic rings. The molecule has 134 valence electrons. The number of aliphatic hydroxyl groups excluding tert-OH is 1. The van der Waals surface area contributed by atoms with E-state index in [1.165, 1.54) is 0 Å². The van der Waals surface area contributed by atoms with E-state index in [0.717, 1.165) is 55.3 Å². The topological polar surface area (TPSA) is 71.6 Å². The molecule has 0 spiro atoms. The van der Waals surface area contributed by atoms with Crippen LogP contribution in [-0.4, -0.2) is 45.9 Å². The number of hydrogen-bond donors (Lipinski definition) is 1. The van der Waals surface area contributed by atoms with Crippen molar-refractivity contribution < 1.29 is 14.4 Å². The maximum absolute atomic E-state index is 10.4. The van der Waals surface area contributed by atoms with Crippen LogP contribution < -0.4 is 4.74 Å². The molecular weight excluding hydrogens is 318 g/mol. The minimum atomic E-state index is -0.546. The van der Waals surface area contributed by atoms with Crippen molar-refractivity contribution in [2.45, 2.75) is 50.7 Å². The van der Waals surface area contributed by atoms with Crippen molar-refractivity contribution in [2.75, 3.05) is 19.7 Å². The second kappa shape index (κ2) is 7.14. The Morgan fingerprint density at radius 2 is 2.16 bits per heavy atom. The fraction of sp³-hybridized carbons (Fsp3) is 0.579. The van der Waals surface area contributed by atoms with Gasteiger partial charge in [-0.25, -0.2) is 0 Å². The molecule has 1 aromatic carbocycles. The fourth-order valence-electron chi connectivity index (χ4n) is 3.44. The lowest BCUT2D eigenvalue weighted by Gasteiger charge is -2.24. The van der Waals surface area contributed by atoms with Crippen LogP contribution in [0.2, 0.25) is 0 Å². The van der Waals surface area contributed by atoms with Gasteiger partial charge in [-0.3, -0.25) is 4.90 Å². The highest BCUT2D eigenvalue weighted by Gasteiger charge is 2.34. The van der Waals surface area contributed by atoms with E-state index >= 15 is 0 Å².